The third-order valence-corrected chi connectivity index (χ3v) is 3.40. The molecule has 5 heteroatoms. The van der Waals surface area contributed by atoms with Gasteiger partial charge in [-0.3, -0.25) is 4.79 Å². The maximum Gasteiger partial charge on any atom is 0.222 e. The Hall–Kier alpha value is -0.320. The third-order valence-electron chi connectivity index (χ3n) is 3.23. The average Bonchev–Trinajstić information content (AvgIpc) is 2.42. The molecule has 0 aromatic rings. The molecule has 0 aromatic carbocycles. The fraction of sp³-hybridized carbons (Fsp3) is 0.923. The molecular weight excluding hydrogens is 254 g/mol. The summed E-state index contributed by atoms with van der Waals surface area (Å²) in [5, 5.41) is 0. The van der Waals surface area contributed by atoms with Crippen LogP contribution >= 0.6 is 11.6 Å². The van der Waals surface area contributed by atoms with Crippen molar-refractivity contribution in [3.8, 4) is 0 Å². The van der Waals surface area contributed by atoms with Crippen molar-refractivity contribution in [2.45, 2.75) is 38.2 Å². The molecule has 0 radical (unpaired) electrons. The zero-order valence-electron chi connectivity index (χ0n) is 11.2. The number of carbonyl (C=O) groups excluding carboxylic acids is 1. The van der Waals surface area contributed by atoms with Gasteiger partial charge in [-0.2, -0.15) is 0 Å². The maximum absolute atomic E-state index is 12.0. The van der Waals surface area contributed by atoms with Gasteiger partial charge in [0.1, 0.15) is 0 Å². The molecule has 1 aliphatic rings. The van der Waals surface area contributed by atoms with Crippen LogP contribution < -0.4 is 0 Å². The van der Waals surface area contributed by atoms with Crippen LogP contribution in [0.3, 0.4) is 0 Å². The van der Waals surface area contributed by atoms with Crippen LogP contribution in [0.4, 0.5) is 0 Å². The van der Waals surface area contributed by atoms with E-state index in [4.69, 9.17) is 21.1 Å². The highest BCUT2D eigenvalue weighted by Crippen LogP contribution is 2.17. The summed E-state index contributed by atoms with van der Waals surface area (Å²) >= 11 is 5.71. The third kappa shape index (κ3) is 6.03. The summed E-state index contributed by atoms with van der Waals surface area (Å²) in [6.45, 7) is 2.61. The van der Waals surface area contributed by atoms with E-state index < -0.39 is 0 Å². The van der Waals surface area contributed by atoms with Gasteiger partial charge >= 0.3 is 0 Å². The molecule has 1 unspecified atom stereocenters. The molecule has 1 atom stereocenters. The molecule has 0 bridgehead atoms. The average molecular weight is 278 g/mol. The Morgan fingerprint density at radius 3 is 2.89 bits per heavy atom. The van der Waals surface area contributed by atoms with E-state index in [2.05, 4.69) is 0 Å². The van der Waals surface area contributed by atoms with Crippen molar-refractivity contribution in [2.75, 3.05) is 39.3 Å². The minimum atomic E-state index is 0.155. The second-order valence-corrected chi connectivity index (χ2v) is 4.97. The number of hydrogen-bond donors (Lipinski definition) is 0. The summed E-state index contributed by atoms with van der Waals surface area (Å²) in [6.07, 6.45) is 5.09. The normalized spacial score (nSPS) is 19.8. The molecule has 0 saturated carbocycles. The molecular formula is C13H24ClNO3. The van der Waals surface area contributed by atoms with Gasteiger partial charge in [0.15, 0.2) is 0 Å². The Kier molecular flexibility index (Phi) is 8.38. The highest BCUT2D eigenvalue weighted by atomic mass is 35.5. The molecule has 0 aliphatic carbocycles. The first-order valence-electron chi connectivity index (χ1n) is 6.72. The summed E-state index contributed by atoms with van der Waals surface area (Å²) in [5.74, 6) is 0.622. The van der Waals surface area contributed by atoms with Gasteiger partial charge in [-0.25, -0.2) is 0 Å². The predicted octanol–water partition coefficient (Wildman–Crippen LogP) is 2.05. The van der Waals surface area contributed by atoms with E-state index in [1.54, 1.807) is 12.0 Å². The highest BCUT2D eigenvalue weighted by Gasteiger charge is 2.18. The van der Waals surface area contributed by atoms with E-state index in [0.29, 0.717) is 32.0 Å². The van der Waals surface area contributed by atoms with Crippen molar-refractivity contribution >= 4 is 17.5 Å². The number of hydrogen-bond acceptors (Lipinski definition) is 3. The Morgan fingerprint density at radius 1 is 1.44 bits per heavy atom. The Labute approximate surface area is 115 Å². The SMILES string of the molecule is COCCN(CCCl)C(=O)CCC1CCCCO1. The lowest BCUT2D eigenvalue weighted by Gasteiger charge is -2.25. The number of alkyl halides is 1. The summed E-state index contributed by atoms with van der Waals surface area (Å²) in [7, 11) is 1.64. The minimum absolute atomic E-state index is 0.155. The molecule has 1 saturated heterocycles. The second kappa shape index (κ2) is 9.59. The van der Waals surface area contributed by atoms with Crippen molar-refractivity contribution in [1.29, 1.82) is 0 Å². The standard InChI is InChI=1S/C13H24ClNO3/c1-17-11-9-15(8-7-14)13(16)6-5-12-4-2-3-10-18-12/h12H,2-11H2,1H3. The van der Waals surface area contributed by atoms with Crippen LogP contribution in [0, 0.1) is 0 Å². The molecule has 4 nitrogen and oxygen atoms in total. The molecule has 1 fully saturated rings. The molecule has 106 valence electrons. The smallest absolute Gasteiger partial charge is 0.222 e. The monoisotopic (exact) mass is 277 g/mol. The molecule has 1 rings (SSSR count). The largest absolute Gasteiger partial charge is 0.383 e. The summed E-state index contributed by atoms with van der Waals surface area (Å²) in [6, 6.07) is 0. The van der Waals surface area contributed by atoms with Crippen molar-refractivity contribution in [1.82, 2.24) is 4.90 Å². The zero-order valence-corrected chi connectivity index (χ0v) is 12.0. The van der Waals surface area contributed by atoms with Gasteiger partial charge in [0, 0.05) is 39.1 Å². The van der Waals surface area contributed by atoms with Crippen molar-refractivity contribution in [3.63, 3.8) is 0 Å². The maximum atomic E-state index is 12.0. The lowest BCUT2D eigenvalue weighted by molar-refractivity contribution is -0.132. The molecule has 0 aromatic heterocycles. The summed E-state index contributed by atoms with van der Waals surface area (Å²) in [4.78, 5) is 13.8. The fourth-order valence-electron chi connectivity index (χ4n) is 2.14. The number of nitrogens with zero attached hydrogens (tertiary/aromatic N) is 1. The number of methoxy groups -OCH3 is 1. The number of carbonyl (C=O) groups is 1. The van der Waals surface area contributed by atoms with Crippen molar-refractivity contribution < 1.29 is 14.3 Å². The van der Waals surface area contributed by atoms with Crippen molar-refractivity contribution in [2.24, 2.45) is 0 Å². The van der Waals surface area contributed by atoms with Gasteiger partial charge in [0.2, 0.25) is 5.91 Å². The van der Waals surface area contributed by atoms with Crippen LogP contribution in [0.5, 0.6) is 0 Å². The first-order chi connectivity index (χ1) is 8.77. The number of amides is 1. The molecule has 1 aliphatic heterocycles. The fourth-order valence-corrected chi connectivity index (χ4v) is 2.35. The Morgan fingerprint density at radius 2 is 2.28 bits per heavy atom. The van der Waals surface area contributed by atoms with Gasteiger partial charge < -0.3 is 14.4 Å². The molecule has 1 amide bonds. The van der Waals surface area contributed by atoms with Crippen LogP contribution in [-0.4, -0.2) is 56.2 Å². The van der Waals surface area contributed by atoms with Gasteiger partial charge in [-0.15, -0.1) is 11.6 Å². The van der Waals surface area contributed by atoms with E-state index in [1.165, 1.54) is 6.42 Å². The topological polar surface area (TPSA) is 38.8 Å². The molecule has 0 N–H and O–H groups in total. The summed E-state index contributed by atoms with van der Waals surface area (Å²) < 4.78 is 10.6. The number of halogens is 1. The lowest BCUT2D eigenvalue weighted by Crippen LogP contribution is -2.36. The minimum Gasteiger partial charge on any atom is -0.383 e. The first kappa shape index (κ1) is 15.7. The van der Waals surface area contributed by atoms with Gasteiger partial charge in [0.25, 0.3) is 0 Å². The molecule has 0 spiro atoms. The van der Waals surface area contributed by atoms with E-state index in [9.17, 15) is 4.79 Å². The number of rotatable bonds is 8. The van der Waals surface area contributed by atoms with E-state index in [1.807, 2.05) is 0 Å². The Bertz CT molecular complexity index is 232. The highest BCUT2D eigenvalue weighted by molar-refractivity contribution is 6.18. The van der Waals surface area contributed by atoms with Crippen LogP contribution in [-0.2, 0) is 14.3 Å². The van der Waals surface area contributed by atoms with E-state index in [-0.39, 0.29) is 12.0 Å². The van der Waals surface area contributed by atoms with Gasteiger partial charge in [0.05, 0.1) is 12.7 Å². The number of ether oxygens (including phenoxy) is 2. The quantitative estimate of drug-likeness (QED) is 0.638. The van der Waals surface area contributed by atoms with Crippen LogP contribution in [0.15, 0.2) is 0 Å². The van der Waals surface area contributed by atoms with Crippen molar-refractivity contribution in [3.05, 3.63) is 0 Å². The molecule has 18 heavy (non-hydrogen) atoms. The van der Waals surface area contributed by atoms with Crippen LogP contribution in [0.2, 0.25) is 0 Å². The summed E-state index contributed by atoms with van der Waals surface area (Å²) in [5.41, 5.74) is 0. The van der Waals surface area contributed by atoms with Crippen LogP contribution in [0.1, 0.15) is 32.1 Å². The van der Waals surface area contributed by atoms with Crippen LogP contribution in [0.25, 0.3) is 0 Å². The van der Waals surface area contributed by atoms with Gasteiger partial charge in [-0.1, -0.05) is 0 Å². The predicted molar refractivity (Wildman–Crippen MR) is 72.0 cm³/mol. The second-order valence-electron chi connectivity index (χ2n) is 4.59. The Balaban J connectivity index is 2.26. The zero-order chi connectivity index (χ0) is 13.2. The first-order valence-corrected chi connectivity index (χ1v) is 7.25. The van der Waals surface area contributed by atoms with Gasteiger partial charge in [-0.05, 0) is 25.7 Å². The van der Waals surface area contributed by atoms with E-state index >= 15 is 0 Å². The van der Waals surface area contributed by atoms with E-state index in [0.717, 1.165) is 25.9 Å². The lowest BCUT2D eigenvalue weighted by atomic mass is 10.0. The molecule has 1 heterocycles.